The summed E-state index contributed by atoms with van der Waals surface area (Å²) in [5.74, 6) is 0.954. The van der Waals surface area contributed by atoms with Crippen LogP contribution in [0.4, 0.5) is 0 Å². The van der Waals surface area contributed by atoms with Gasteiger partial charge in [0.2, 0.25) is 0 Å². The number of hydrogen-bond acceptors (Lipinski definition) is 4. The molecular weight excluding hydrogens is 300 g/mol. The zero-order valence-electron chi connectivity index (χ0n) is 14.9. The fraction of sp³-hybridized carbons (Fsp3) is 0.650. The first-order chi connectivity index (χ1) is 11.7. The lowest BCUT2D eigenvalue weighted by molar-refractivity contribution is 0.0482. The maximum atomic E-state index is 11.2. The van der Waals surface area contributed by atoms with Gasteiger partial charge in [-0.3, -0.25) is 9.69 Å². The van der Waals surface area contributed by atoms with Gasteiger partial charge in [-0.15, -0.1) is 0 Å². The van der Waals surface area contributed by atoms with E-state index in [-0.39, 0.29) is 5.78 Å². The van der Waals surface area contributed by atoms with Gasteiger partial charge in [-0.2, -0.15) is 0 Å². The van der Waals surface area contributed by atoms with Crippen molar-refractivity contribution in [1.82, 2.24) is 9.80 Å². The molecule has 0 aromatic heterocycles. The molecule has 0 saturated carbocycles. The van der Waals surface area contributed by atoms with Crippen LogP contribution in [0.3, 0.4) is 0 Å². The van der Waals surface area contributed by atoms with Gasteiger partial charge in [0.1, 0.15) is 5.75 Å². The molecule has 4 nitrogen and oxygen atoms in total. The molecule has 2 heterocycles. The van der Waals surface area contributed by atoms with E-state index in [1.54, 1.807) is 6.92 Å². The van der Waals surface area contributed by atoms with Crippen molar-refractivity contribution in [3.8, 4) is 5.75 Å². The molecule has 2 saturated heterocycles. The second-order valence-corrected chi connectivity index (χ2v) is 7.12. The minimum atomic E-state index is 0.0969. The second kappa shape index (κ2) is 8.63. The van der Waals surface area contributed by atoms with E-state index < -0.39 is 0 Å². The van der Waals surface area contributed by atoms with Gasteiger partial charge in [0.05, 0.1) is 6.61 Å². The number of carbonyl (C=O) groups excluding carboxylic acids is 1. The number of Topliss-reactive ketones (excluding diaryl/α,β-unsaturated/α-hetero) is 1. The Morgan fingerprint density at radius 2 is 1.96 bits per heavy atom. The topological polar surface area (TPSA) is 32.8 Å². The molecule has 0 radical (unpaired) electrons. The van der Waals surface area contributed by atoms with Crippen molar-refractivity contribution in [2.45, 2.75) is 45.1 Å². The van der Waals surface area contributed by atoms with Crippen molar-refractivity contribution in [3.05, 3.63) is 29.8 Å². The Morgan fingerprint density at radius 1 is 1.12 bits per heavy atom. The van der Waals surface area contributed by atoms with Gasteiger partial charge in [0.25, 0.3) is 0 Å². The van der Waals surface area contributed by atoms with Crippen molar-refractivity contribution in [1.29, 1.82) is 0 Å². The summed E-state index contributed by atoms with van der Waals surface area (Å²) in [6.07, 6.45) is 6.46. The Morgan fingerprint density at radius 3 is 2.75 bits per heavy atom. The van der Waals surface area contributed by atoms with Crippen LogP contribution in [0.15, 0.2) is 24.3 Å². The van der Waals surface area contributed by atoms with Gasteiger partial charge in [-0.05, 0) is 70.0 Å². The number of ketones is 1. The van der Waals surface area contributed by atoms with Crippen LogP contribution >= 0.6 is 0 Å². The largest absolute Gasteiger partial charge is 0.494 e. The zero-order chi connectivity index (χ0) is 16.8. The van der Waals surface area contributed by atoms with Gasteiger partial charge in [-0.1, -0.05) is 6.42 Å². The Labute approximate surface area is 145 Å². The predicted molar refractivity (Wildman–Crippen MR) is 96.8 cm³/mol. The van der Waals surface area contributed by atoms with E-state index in [9.17, 15) is 4.79 Å². The highest BCUT2D eigenvalue weighted by atomic mass is 16.5. The van der Waals surface area contributed by atoms with E-state index in [4.69, 9.17) is 4.74 Å². The first kappa shape index (κ1) is 17.4. The van der Waals surface area contributed by atoms with Crippen LogP contribution in [0.5, 0.6) is 5.75 Å². The number of nitrogens with zero attached hydrogens (tertiary/aromatic N) is 2. The average Bonchev–Trinajstić information content (AvgIpc) is 2.61. The van der Waals surface area contributed by atoms with Crippen LogP contribution in [0.2, 0.25) is 0 Å². The molecule has 0 amide bonds. The van der Waals surface area contributed by atoms with Crippen LogP contribution in [0, 0.1) is 0 Å². The summed E-state index contributed by atoms with van der Waals surface area (Å²) in [5.41, 5.74) is 0.740. The normalized spacial score (nSPS) is 22.1. The van der Waals surface area contributed by atoms with Crippen LogP contribution in [-0.2, 0) is 0 Å². The molecule has 0 bridgehead atoms. The molecule has 2 aliphatic heterocycles. The molecule has 1 aromatic carbocycles. The van der Waals surface area contributed by atoms with Gasteiger partial charge >= 0.3 is 0 Å². The lowest BCUT2D eigenvalue weighted by Crippen LogP contribution is -2.54. The van der Waals surface area contributed by atoms with E-state index in [2.05, 4.69) is 9.80 Å². The number of hydrogen-bond donors (Lipinski definition) is 0. The molecule has 0 spiro atoms. The minimum absolute atomic E-state index is 0.0969. The number of rotatable bonds is 7. The van der Waals surface area contributed by atoms with E-state index in [0.29, 0.717) is 0 Å². The van der Waals surface area contributed by atoms with Crippen molar-refractivity contribution >= 4 is 5.78 Å². The molecule has 3 rings (SSSR count). The number of ether oxygens (including phenoxy) is 1. The standard InChI is InChI=1S/C20H30N2O2/c1-17(23)18-7-9-20(10-8-18)24-15-5-4-11-21-13-14-22-12-3-2-6-19(22)16-21/h7-10,19H,2-6,11-16H2,1H3. The summed E-state index contributed by atoms with van der Waals surface area (Å²) in [5, 5.41) is 0. The summed E-state index contributed by atoms with van der Waals surface area (Å²) >= 11 is 0. The van der Waals surface area contributed by atoms with E-state index >= 15 is 0 Å². The Balaban J connectivity index is 1.30. The molecule has 1 unspecified atom stereocenters. The molecular formula is C20H30N2O2. The summed E-state index contributed by atoms with van der Waals surface area (Å²) in [7, 11) is 0. The van der Waals surface area contributed by atoms with Crippen LogP contribution in [-0.4, -0.2) is 61.0 Å². The van der Waals surface area contributed by atoms with Gasteiger partial charge in [0, 0.05) is 31.2 Å². The van der Waals surface area contributed by atoms with Crippen molar-refractivity contribution < 1.29 is 9.53 Å². The first-order valence-corrected chi connectivity index (χ1v) is 9.42. The maximum absolute atomic E-state index is 11.2. The third kappa shape index (κ3) is 4.81. The van der Waals surface area contributed by atoms with E-state index in [1.165, 1.54) is 58.4 Å². The molecule has 132 valence electrons. The summed E-state index contributed by atoms with van der Waals surface area (Å²) < 4.78 is 5.78. The Hall–Kier alpha value is -1.39. The molecule has 0 N–H and O–H groups in total. The zero-order valence-corrected chi connectivity index (χ0v) is 14.9. The maximum Gasteiger partial charge on any atom is 0.159 e. The number of fused-ring (bicyclic) bond motifs is 1. The fourth-order valence-electron chi connectivity index (χ4n) is 3.84. The quantitative estimate of drug-likeness (QED) is 0.568. The van der Waals surface area contributed by atoms with Crippen LogP contribution < -0.4 is 4.74 Å². The summed E-state index contributed by atoms with van der Waals surface area (Å²) in [6, 6.07) is 8.25. The molecule has 24 heavy (non-hydrogen) atoms. The van der Waals surface area contributed by atoms with Gasteiger partial charge in [0.15, 0.2) is 5.78 Å². The van der Waals surface area contributed by atoms with Crippen molar-refractivity contribution in [2.24, 2.45) is 0 Å². The lowest BCUT2D eigenvalue weighted by atomic mass is 9.99. The van der Waals surface area contributed by atoms with Crippen LogP contribution in [0.1, 0.15) is 49.4 Å². The molecule has 2 fully saturated rings. The van der Waals surface area contributed by atoms with Crippen LogP contribution in [0.25, 0.3) is 0 Å². The molecule has 1 atom stereocenters. The third-order valence-electron chi connectivity index (χ3n) is 5.32. The third-order valence-corrected chi connectivity index (χ3v) is 5.32. The minimum Gasteiger partial charge on any atom is -0.494 e. The monoisotopic (exact) mass is 330 g/mol. The van der Waals surface area contributed by atoms with Gasteiger partial charge in [-0.25, -0.2) is 0 Å². The molecule has 2 aliphatic rings. The fourth-order valence-corrected chi connectivity index (χ4v) is 3.84. The number of carbonyl (C=O) groups is 1. The summed E-state index contributed by atoms with van der Waals surface area (Å²) in [6.45, 7) is 8.58. The number of piperidine rings is 1. The second-order valence-electron chi connectivity index (χ2n) is 7.12. The predicted octanol–water partition coefficient (Wildman–Crippen LogP) is 3.22. The van der Waals surface area contributed by atoms with Crippen molar-refractivity contribution in [2.75, 3.05) is 39.3 Å². The smallest absolute Gasteiger partial charge is 0.159 e. The summed E-state index contributed by atoms with van der Waals surface area (Å²) in [4.78, 5) is 16.6. The molecule has 4 heteroatoms. The first-order valence-electron chi connectivity index (χ1n) is 9.42. The number of piperazine rings is 1. The Bertz CT molecular complexity index is 529. The number of benzene rings is 1. The highest BCUT2D eigenvalue weighted by Gasteiger charge is 2.28. The number of unbranched alkanes of at least 4 members (excludes halogenated alkanes) is 1. The van der Waals surface area contributed by atoms with E-state index in [0.717, 1.165) is 30.4 Å². The Kier molecular flexibility index (Phi) is 6.27. The highest BCUT2D eigenvalue weighted by Crippen LogP contribution is 2.21. The lowest BCUT2D eigenvalue weighted by Gasteiger charge is -2.44. The van der Waals surface area contributed by atoms with Gasteiger partial charge < -0.3 is 9.64 Å². The molecule has 1 aromatic rings. The SMILES string of the molecule is CC(=O)c1ccc(OCCCCN2CCN3CCCCC3C2)cc1. The molecule has 0 aliphatic carbocycles. The van der Waals surface area contributed by atoms with Crippen molar-refractivity contribution in [3.63, 3.8) is 0 Å². The highest BCUT2D eigenvalue weighted by molar-refractivity contribution is 5.94. The van der Waals surface area contributed by atoms with E-state index in [1.807, 2.05) is 24.3 Å². The average molecular weight is 330 g/mol.